The average Bonchev–Trinajstić information content (AvgIpc) is 3.15. The average molecular weight is 633 g/mol. The summed E-state index contributed by atoms with van der Waals surface area (Å²) < 4.78 is 23.2. The highest BCUT2D eigenvalue weighted by Gasteiger charge is 2.08. The van der Waals surface area contributed by atoms with Gasteiger partial charge >= 0.3 is 0 Å². The van der Waals surface area contributed by atoms with Crippen LogP contribution in [-0.2, 0) is 13.2 Å². The van der Waals surface area contributed by atoms with Crippen LogP contribution in [0.4, 0.5) is 0 Å². The van der Waals surface area contributed by atoms with Crippen molar-refractivity contribution >= 4 is 24.3 Å². The van der Waals surface area contributed by atoms with Crippen molar-refractivity contribution in [3.05, 3.63) is 167 Å². The van der Waals surface area contributed by atoms with Crippen LogP contribution < -0.4 is 18.9 Å². The van der Waals surface area contributed by atoms with E-state index >= 15 is 0 Å². The Morgan fingerprint density at radius 3 is 1.23 bits per heavy atom. The Morgan fingerprint density at radius 1 is 0.438 bits per heavy atom. The highest BCUT2D eigenvalue weighted by molar-refractivity contribution is 5.75. The van der Waals surface area contributed by atoms with Gasteiger partial charge in [0.05, 0.1) is 25.6 Å². The van der Waals surface area contributed by atoms with Crippen LogP contribution in [0, 0.1) is 0 Å². The van der Waals surface area contributed by atoms with Gasteiger partial charge in [0.15, 0.2) is 23.0 Å². The minimum Gasteiger partial charge on any atom is -0.493 e. The van der Waals surface area contributed by atoms with Gasteiger partial charge < -0.3 is 18.9 Å². The van der Waals surface area contributed by atoms with Gasteiger partial charge in [0.25, 0.3) is 0 Å². The van der Waals surface area contributed by atoms with Gasteiger partial charge in [-0.1, -0.05) is 97.1 Å². The molecule has 48 heavy (non-hydrogen) atoms. The third-order valence-electron chi connectivity index (χ3n) is 7.62. The summed E-state index contributed by atoms with van der Waals surface area (Å²) in [4.78, 5) is 9.21. The van der Waals surface area contributed by atoms with Crippen molar-refractivity contribution in [3.8, 4) is 34.4 Å². The molecule has 0 amide bonds. The number of hydrogen-bond donors (Lipinski definition) is 0. The molecule has 2 aromatic heterocycles. The summed E-state index contributed by atoms with van der Waals surface area (Å²) in [6, 6.07) is 40.0. The maximum Gasteiger partial charge on any atom is 0.162 e. The maximum absolute atomic E-state index is 6.09. The number of pyridine rings is 2. The zero-order valence-electron chi connectivity index (χ0n) is 27.0. The lowest BCUT2D eigenvalue weighted by Crippen LogP contribution is -1.97. The van der Waals surface area contributed by atoms with Crippen LogP contribution in [0.3, 0.4) is 0 Å². The van der Waals surface area contributed by atoms with Gasteiger partial charge in [0.2, 0.25) is 0 Å². The number of hydrogen-bond acceptors (Lipinski definition) is 6. The van der Waals surface area contributed by atoms with Gasteiger partial charge in [-0.25, -0.2) is 0 Å². The van der Waals surface area contributed by atoms with E-state index in [1.54, 1.807) is 26.6 Å². The molecule has 6 nitrogen and oxygen atoms in total. The van der Waals surface area contributed by atoms with E-state index in [4.69, 9.17) is 18.9 Å². The van der Waals surface area contributed by atoms with E-state index in [0.717, 1.165) is 44.8 Å². The molecule has 6 rings (SSSR count). The predicted molar refractivity (Wildman–Crippen MR) is 193 cm³/mol. The minimum absolute atomic E-state index is 0.462. The Morgan fingerprint density at radius 2 is 0.833 bits per heavy atom. The number of benzene rings is 4. The molecule has 0 bridgehead atoms. The Hall–Kier alpha value is -6.14. The molecule has 0 N–H and O–H groups in total. The number of rotatable bonds is 13. The molecule has 0 aliphatic carbocycles. The van der Waals surface area contributed by atoms with Gasteiger partial charge in [0, 0.05) is 12.4 Å². The van der Waals surface area contributed by atoms with Crippen molar-refractivity contribution < 1.29 is 18.9 Å². The summed E-state index contributed by atoms with van der Waals surface area (Å²) in [5.74, 6) is 2.77. The molecular weight excluding hydrogens is 596 g/mol. The fourth-order valence-corrected chi connectivity index (χ4v) is 5.06. The minimum atomic E-state index is 0.462. The van der Waals surface area contributed by atoms with E-state index in [1.807, 2.05) is 133 Å². The third kappa shape index (κ3) is 8.56. The first-order chi connectivity index (χ1) is 23.7. The Bertz CT molecular complexity index is 1860. The lowest BCUT2D eigenvalue weighted by atomic mass is 10.1. The number of methoxy groups -OCH3 is 2. The molecule has 0 radical (unpaired) electrons. The first-order valence-corrected chi connectivity index (χ1v) is 15.6. The smallest absolute Gasteiger partial charge is 0.162 e. The van der Waals surface area contributed by atoms with Gasteiger partial charge in [-0.3, -0.25) is 9.97 Å². The molecule has 6 heteroatoms. The molecule has 0 unspecified atom stereocenters. The fraction of sp³-hybridized carbons (Fsp3) is 0.0952. The molecule has 0 saturated heterocycles. The summed E-state index contributed by atoms with van der Waals surface area (Å²) in [5, 5.41) is 0. The monoisotopic (exact) mass is 632 g/mol. The van der Waals surface area contributed by atoms with Crippen LogP contribution in [0.1, 0.15) is 33.4 Å². The van der Waals surface area contributed by atoms with Gasteiger partial charge in [0.1, 0.15) is 13.2 Å². The Balaban J connectivity index is 1.14. The second-order valence-corrected chi connectivity index (χ2v) is 11.0. The van der Waals surface area contributed by atoms with Crippen LogP contribution in [0.15, 0.2) is 134 Å². The normalized spacial score (nSPS) is 11.1. The third-order valence-corrected chi connectivity index (χ3v) is 7.62. The SMILES string of the molecule is COc1ccc(/C=C/c2ccnc(-c3cc(/C=C/c4ccc(OC)c(OCc5ccccc5)c4)ccn3)c2)cc1OCc1ccccc1. The molecule has 238 valence electrons. The lowest BCUT2D eigenvalue weighted by molar-refractivity contribution is 0.284. The molecule has 0 aliphatic rings. The van der Waals surface area contributed by atoms with E-state index in [1.165, 1.54) is 0 Å². The zero-order chi connectivity index (χ0) is 33.0. The first kappa shape index (κ1) is 31.8. The van der Waals surface area contributed by atoms with E-state index in [0.29, 0.717) is 36.2 Å². The number of aromatic nitrogens is 2. The first-order valence-electron chi connectivity index (χ1n) is 15.6. The molecule has 0 spiro atoms. The Kier molecular flexibility index (Phi) is 10.6. The van der Waals surface area contributed by atoms with Gasteiger partial charge in [-0.05, 0) is 81.9 Å². The topological polar surface area (TPSA) is 62.7 Å². The molecule has 6 aromatic rings. The van der Waals surface area contributed by atoms with Crippen molar-refractivity contribution in [2.45, 2.75) is 13.2 Å². The molecule has 0 saturated carbocycles. The zero-order valence-corrected chi connectivity index (χ0v) is 27.0. The molecule has 0 atom stereocenters. The second kappa shape index (κ2) is 15.9. The van der Waals surface area contributed by atoms with Crippen molar-refractivity contribution in [2.75, 3.05) is 14.2 Å². The second-order valence-electron chi connectivity index (χ2n) is 11.0. The summed E-state index contributed by atoms with van der Waals surface area (Å²) in [5.41, 5.74) is 7.77. The molecular formula is C42H36N2O4. The Labute approximate surface area is 281 Å². The standard InChI is InChI=1S/C42H36N2O4/c1-45-39-19-17-31(27-41(39)47-29-35-9-5-3-6-10-35)13-15-33-21-23-43-37(25-33)38-26-34(22-24-44-38)16-14-32-18-20-40(46-2)42(28-32)48-30-36-11-7-4-8-12-36/h3-28H,29-30H2,1-2H3/b15-13+,16-14+. The maximum atomic E-state index is 6.09. The van der Waals surface area contributed by atoms with Crippen LogP contribution in [0.5, 0.6) is 23.0 Å². The van der Waals surface area contributed by atoms with Gasteiger partial charge in [-0.15, -0.1) is 0 Å². The van der Waals surface area contributed by atoms with E-state index in [9.17, 15) is 0 Å². The van der Waals surface area contributed by atoms with Gasteiger partial charge in [-0.2, -0.15) is 0 Å². The molecule has 4 aromatic carbocycles. The van der Waals surface area contributed by atoms with E-state index < -0.39 is 0 Å². The summed E-state index contributed by atoms with van der Waals surface area (Å²) in [6.45, 7) is 0.924. The number of nitrogens with zero attached hydrogens (tertiary/aromatic N) is 2. The highest BCUT2D eigenvalue weighted by Crippen LogP contribution is 2.31. The molecule has 0 aliphatic heterocycles. The molecule has 2 heterocycles. The van der Waals surface area contributed by atoms with Crippen LogP contribution in [0.25, 0.3) is 35.7 Å². The summed E-state index contributed by atoms with van der Waals surface area (Å²) in [6.07, 6.45) is 11.8. The van der Waals surface area contributed by atoms with Crippen molar-refractivity contribution in [1.29, 1.82) is 0 Å². The fourth-order valence-electron chi connectivity index (χ4n) is 5.06. The van der Waals surface area contributed by atoms with Crippen LogP contribution in [0.2, 0.25) is 0 Å². The van der Waals surface area contributed by atoms with Crippen LogP contribution >= 0.6 is 0 Å². The quantitative estimate of drug-likeness (QED) is 0.126. The predicted octanol–water partition coefficient (Wildman–Crippen LogP) is 9.66. The summed E-state index contributed by atoms with van der Waals surface area (Å²) in [7, 11) is 3.30. The highest BCUT2D eigenvalue weighted by atomic mass is 16.5. The number of ether oxygens (including phenoxy) is 4. The van der Waals surface area contributed by atoms with E-state index in [-0.39, 0.29) is 0 Å². The van der Waals surface area contributed by atoms with E-state index in [2.05, 4.69) is 22.1 Å². The molecule has 0 fully saturated rings. The van der Waals surface area contributed by atoms with Crippen molar-refractivity contribution in [1.82, 2.24) is 9.97 Å². The summed E-state index contributed by atoms with van der Waals surface area (Å²) >= 11 is 0. The lowest BCUT2D eigenvalue weighted by Gasteiger charge is -2.11. The van der Waals surface area contributed by atoms with Crippen molar-refractivity contribution in [3.63, 3.8) is 0 Å². The van der Waals surface area contributed by atoms with Crippen molar-refractivity contribution in [2.24, 2.45) is 0 Å². The largest absolute Gasteiger partial charge is 0.493 e. The van der Waals surface area contributed by atoms with Crippen LogP contribution in [-0.4, -0.2) is 24.2 Å².